The summed E-state index contributed by atoms with van der Waals surface area (Å²) in [4.78, 5) is 2.16. The lowest BCUT2D eigenvalue weighted by Gasteiger charge is -2.13. The van der Waals surface area contributed by atoms with Gasteiger partial charge in [0.05, 0.1) is 0 Å². The van der Waals surface area contributed by atoms with E-state index in [0.717, 1.165) is 6.54 Å². The Hall–Kier alpha value is -1.24. The minimum Gasteiger partial charge on any atom is -0.376 e. The van der Waals surface area contributed by atoms with Crippen LogP contribution in [0.2, 0.25) is 0 Å². The molecule has 0 aliphatic rings. The summed E-state index contributed by atoms with van der Waals surface area (Å²) >= 11 is 0. The van der Waals surface area contributed by atoms with Crippen LogP contribution in [0, 0.1) is 0 Å². The van der Waals surface area contributed by atoms with Crippen LogP contribution in [0.1, 0.15) is 12.5 Å². The van der Waals surface area contributed by atoms with Gasteiger partial charge in [0.2, 0.25) is 0 Å². The van der Waals surface area contributed by atoms with Gasteiger partial charge < -0.3 is 4.90 Å². The van der Waals surface area contributed by atoms with Gasteiger partial charge in [-0.05, 0) is 18.7 Å². The van der Waals surface area contributed by atoms with Crippen molar-refractivity contribution in [1.82, 2.24) is 4.90 Å². The van der Waals surface area contributed by atoms with E-state index in [-0.39, 0.29) is 0 Å². The number of nitrogens with zero attached hydrogens (tertiary/aromatic N) is 1. The third-order valence-electron chi connectivity index (χ3n) is 1.68. The van der Waals surface area contributed by atoms with Gasteiger partial charge in [-0.15, -0.1) is 0 Å². The minimum atomic E-state index is 0.977. The van der Waals surface area contributed by atoms with Crippen LogP contribution in [-0.4, -0.2) is 11.9 Å². The zero-order valence-corrected chi connectivity index (χ0v) is 7.70. The fourth-order valence-corrected chi connectivity index (χ4v) is 1.18. The molecule has 1 aromatic rings. The smallest absolute Gasteiger partial charge is 0.0420 e. The normalized spacial score (nSPS) is 10.5. The lowest BCUT2D eigenvalue weighted by atomic mass is 10.2. The van der Waals surface area contributed by atoms with E-state index in [9.17, 15) is 0 Å². The van der Waals surface area contributed by atoms with Crippen molar-refractivity contribution in [2.24, 2.45) is 0 Å². The van der Waals surface area contributed by atoms with Crippen molar-refractivity contribution >= 4 is 0 Å². The van der Waals surface area contributed by atoms with E-state index in [1.54, 1.807) is 0 Å². The molecule has 0 fully saturated rings. The van der Waals surface area contributed by atoms with E-state index in [1.807, 2.05) is 19.1 Å². The molecular weight excluding hydrogens is 146 g/mol. The molecule has 0 amide bonds. The average molecular weight is 161 g/mol. The van der Waals surface area contributed by atoms with Gasteiger partial charge in [0.1, 0.15) is 0 Å². The Balaban J connectivity index is 2.52. The molecule has 0 saturated heterocycles. The quantitative estimate of drug-likeness (QED) is 0.658. The van der Waals surface area contributed by atoms with Crippen LogP contribution < -0.4 is 0 Å². The summed E-state index contributed by atoms with van der Waals surface area (Å²) < 4.78 is 0. The van der Waals surface area contributed by atoms with Crippen molar-refractivity contribution in [2.45, 2.75) is 13.5 Å². The first kappa shape index (κ1) is 8.85. The summed E-state index contributed by atoms with van der Waals surface area (Å²) in [6, 6.07) is 10.5. The zero-order valence-electron chi connectivity index (χ0n) is 7.70. The van der Waals surface area contributed by atoms with Gasteiger partial charge in [-0.25, -0.2) is 0 Å². The Morgan fingerprint density at radius 2 is 1.92 bits per heavy atom. The van der Waals surface area contributed by atoms with Crippen molar-refractivity contribution in [3.8, 4) is 0 Å². The van der Waals surface area contributed by atoms with Crippen LogP contribution in [-0.2, 0) is 6.54 Å². The zero-order chi connectivity index (χ0) is 8.81. The van der Waals surface area contributed by atoms with Crippen LogP contribution >= 0.6 is 0 Å². The van der Waals surface area contributed by atoms with E-state index in [2.05, 4.69) is 42.4 Å². The van der Waals surface area contributed by atoms with Gasteiger partial charge >= 0.3 is 0 Å². The van der Waals surface area contributed by atoms with Crippen LogP contribution in [0.3, 0.4) is 0 Å². The molecule has 0 aliphatic heterocycles. The van der Waals surface area contributed by atoms with Gasteiger partial charge in [-0.1, -0.05) is 36.4 Å². The SMILES string of the molecule is C/C=C\N(C)Cc1ccccc1. The number of allylic oxidation sites excluding steroid dienone is 1. The van der Waals surface area contributed by atoms with Crippen molar-refractivity contribution in [3.63, 3.8) is 0 Å². The molecule has 0 radical (unpaired) electrons. The molecule has 1 heteroatoms. The molecule has 64 valence electrons. The first-order valence-corrected chi connectivity index (χ1v) is 4.20. The molecule has 0 heterocycles. The van der Waals surface area contributed by atoms with Gasteiger partial charge in [-0.3, -0.25) is 0 Å². The molecule has 12 heavy (non-hydrogen) atoms. The maximum absolute atomic E-state index is 2.16. The summed E-state index contributed by atoms with van der Waals surface area (Å²) in [5, 5.41) is 0. The Kier molecular flexibility index (Phi) is 3.39. The number of hydrogen-bond donors (Lipinski definition) is 0. The summed E-state index contributed by atoms with van der Waals surface area (Å²) in [6.45, 7) is 3.01. The molecule has 0 N–H and O–H groups in total. The predicted octanol–water partition coefficient (Wildman–Crippen LogP) is 2.65. The van der Waals surface area contributed by atoms with Crippen LogP contribution in [0.25, 0.3) is 0 Å². The van der Waals surface area contributed by atoms with E-state index >= 15 is 0 Å². The van der Waals surface area contributed by atoms with Crippen LogP contribution in [0.5, 0.6) is 0 Å². The van der Waals surface area contributed by atoms with E-state index in [0.29, 0.717) is 0 Å². The van der Waals surface area contributed by atoms with Crippen molar-refractivity contribution in [3.05, 3.63) is 48.2 Å². The molecule has 0 saturated carbocycles. The maximum atomic E-state index is 2.16. The Morgan fingerprint density at radius 1 is 1.25 bits per heavy atom. The summed E-state index contributed by atoms with van der Waals surface area (Å²) in [5.41, 5.74) is 1.35. The number of rotatable bonds is 3. The summed E-state index contributed by atoms with van der Waals surface area (Å²) in [7, 11) is 2.08. The Bertz CT molecular complexity index is 238. The third-order valence-corrected chi connectivity index (χ3v) is 1.68. The Labute approximate surface area is 74.3 Å². The van der Waals surface area contributed by atoms with Gasteiger partial charge in [0, 0.05) is 13.6 Å². The van der Waals surface area contributed by atoms with Gasteiger partial charge in [0.25, 0.3) is 0 Å². The molecule has 0 atom stereocenters. The minimum absolute atomic E-state index is 0.977. The summed E-state index contributed by atoms with van der Waals surface area (Å²) in [5.74, 6) is 0. The third kappa shape index (κ3) is 2.79. The first-order chi connectivity index (χ1) is 5.83. The standard InChI is InChI=1S/C11H15N/c1-3-9-12(2)10-11-7-5-4-6-8-11/h3-9H,10H2,1-2H3/b9-3-. The first-order valence-electron chi connectivity index (χ1n) is 4.20. The topological polar surface area (TPSA) is 3.24 Å². The molecule has 0 aliphatic carbocycles. The lowest BCUT2D eigenvalue weighted by Crippen LogP contribution is -2.09. The largest absolute Gasteiger partial charge is 0.376 e. The fourth-order valence-electron chi connectivity index (χ4n) is 1.18. The molecule has 1 rings (SSSR count). The molecule has 0 bridgehead atoms. The van der Waals surface area contributed by atoms with E-state index in [4.69, 9.17) is 0 Å². The fraction of sp³-hybridized carbons (Fsp3) is 0.273. The monoisotopic (exact) mass is 161 g/mol. The predicted molar refractivity (Wildman–Crippen MR) is 52.7 cm³/mol. The second-order valence-corrected chi connectivity index (χ2v) is 2.88. The van der Waals surface area contributed by atoms with Crippen molar-refractivity contribution < 1.29 is 0 Å². The molecule has 1 nitrogen and oxygen atoms in total. The van der Waals surface area contributed by atoms with Crippen LogP contribution in [0.4, 0.5) is 0 Å². The number of hydrogen-bond acceptors (Lipinski definition) is 1. The molecule has 0 aromatic heterocycles. The van der Waals surface area contributed by atoms with E-state index < -0.39 is 0 Å². The summed E-state index contributed by atoms with van der Waals surface area (Å²) in [6.07, 6.45) is 4.12. The highest BCUT2D eigenvalue weighted by atomic mass is 15.1. The average Bonchev–Trinajstić information content (AvgIpc) is 2.06. The highest BCUT2D eigenvalue weighted by molar-refractivity contribution is 5.14. The maximum Gasteiger partial charge on any atom is 0.0420 e. The van der Waals surface area contributed by atoms with E-state index in [1.165, 1.54) is 5.56 Å². The van der Waals surface area contributed by atoms with Gasteiger partial charge in [-0.2, -0.15) is 0 Å². The van der Waals surface area contributed by atoms with Crippen molar-refractivity contribution in [2.75, 3.05) is 7.05 Å². The molecule has 0 unspecified atom stereocenters. The second kappa shape index (κ2) is 4.60. The number of benzene rings is 1. The molecule has 0 spiro atoms. The van der Waals surface area contributed by atoms with Gasteiger partial charge in [0.15, 0.2) is 0 Å². The highest BCUT2D eigenvalue weighted by Gasteiger charge is 1.92. The van der Waals surface area contributed by atoms with Crippen LogP contribution in [0.15, 0.2) is 42.6 Å². The lowest BCUT2D eigenvalue weighted by molar-refractivity contribution is 0.450. The van der Waals surface area contributed by atoms with Crippen molar-refractivity contribution in [1.29, 1.82) is 0 Å². The molecule has 1 aromatic carbocycles. The second-order valence-electron chi connectivity index (χ2n) is 2.88. The molecular formula is C11H15N. The Morgan fingerprint density at radius 3 is 2.50 bits per heavy atom. The highest BCUT2D eigenvalue weighted by Crippen LogP contribution is 2.02.